The van der Waals surface area contributed by atoms with Gasteiger partial charge in [0.2, 0.25) is 5.91 Å². The number of ether oxygens (including phenoxy) is 2. The molecule has 0 saturated carbocycles. The van der Waals surface area contributed by atoms with E-state index in [0.717, 1.165) is 5.56 Å². The molecule has 2 aromatic rings. The molecule has 0 spiro atoms. The second kappa shape index (κ2) is 11.6. The second-order valence-corrected chi connectivity index (χ2v) is 8.31. The van der Waals surface area contributed by atoms with Gasteiger partial charge in [-0.3, -0.25) is 9.59 Å². The molecule has 1 N–H and O–H groups in total. The van der Waals surface area contributed by atoms with Crippen LogP contribution in [0.5, 0.6) is 11.5 Å². The molecule has 0 aromatic heterocycles. The SMILES string of the molecule is COc1ccc(C(=O)C[C@@H](SC[C@@H](NC(C)=O)C(=O)[O-])c2ccc(Cl)cc2)cc1OC. The summed E-state index contributed by atoms with van der Waals surface area (Å²) in [7, 11) is 3.00. The van der Waals surface area contributed by atoms with Crippen LogP contribution in [0.15, 0.2) is 42.5 Å². The first-order valence-corrected chi connectivity index (χ1v) is 10.8. The Bertz CT molecular complexity index is 934. The highest BCUT2D eigenvalue weighted by Crippen LogP contribution is 2.35. The van der Waals surface area contributed by atoms with Gasteiger partial charge in [-0.2, -0.15) is 11.8 Å². The molecule has 2 atom stereocenters. The van der Waals surface area contributed by atoms with Crippen LogP contribution in [0.2, 0.25) is 5.02 Å². The van der Waals surface area contributed by atoms with Gasteiger partial charge in [0.25, 0.3) is 0 Å². The number of benzene rings is 2. The van der Waals surface area contributed by atoms with Gasteiger partial charge in [0.05, 0.1) is 26.2 Å². The topological polar surface area (TPSA) is 105 Å². The number of hydrogen-bond donors (Lipinski definition) is 1. The zero-order valence-corrected chi connectivity index (χ0v) is 18.9. The number of amides is 1. The van der Waals surface area contributed by atoms with E-state index >= 15 is 0 Å². The summed E-state index contributed by atoms with van der Waals surface area (Å²) in [6, 6.07) is 10.7. The molecule has 0 bridgehead atoms. The molecule has 7 nitrogen and oxygen atoms in total. The Labute approximate surface area is 190 Å². The lowest BCUT2D eigenvalue weighted by molar-refractivity contribution is -0.307. The number of hydrogen-bond acceptors (Lipinski definition) is 7. The Morgan fingerprint density at radius 3 is 2.26 bits per heavy atom. The number of aliphatic carboxylic acids is 1. The van der Waals surface area contributed by atoms with Gasteiger partial charge in [0, 0.05) is 34.9 Å². The number of carboxylic acids is 1. The van der Waals surface area contributed by atoms with E-state index in [-0.39, 0.29) is 23.2 Å². The molecule has 1 amide bonds. The van der Waals surface area contributed by atoms with Gasteiger partial charge in [0.1, 0.15) is 0 Å². The van der Waals surface area contributed by atoms with Crippen LogP contribution in [0.4, 0.5) is 0 Å². The van der Waals surface area contributed by atoms with Crippen LogP contribution in [0.1, 0.15) is 34.5 Å². The van der Waals surface area contributed by atoms with E-state index in [9.17, 15) is 19.5 Å². The monoisotopic (exact) mass is 464 g/mol. The molecule has 0 fully saturated rings. The largest absolute Gasteiger partial charge is 0.548 e. The Hall–Kier alpha value is -2.71. The van der Waals surface area contributed by atoms with Crippen LogP contribution in [0.3, 0.4) is 0 Å². The van der Waals surface area contributed by atoms with Crippen molar-refractivity contribution in [2.75, 3.05) is 20.0 Å². The van der Waals surface area contributed by atoms with Crippen LogP contribution in [0, 0.1) is 0 Å². The van der Waals surface area contributed by atoms with Gasteiger partial charge in [0.15, 0.2) is 17.3 Å². The second-order valence-electron chi connectivity index (χ2n) is 6.64. The first-order valence-electron chi connectivity index (χ1n) is 9.35. The molecule has 0 radical (unpaired) electrons. The van der Waals surface area contributed by atoms with Gasteiger partial charge in [-0.25, -0.2) is 0 Å². The van der Waals surface area contributed by atoms with Crippen molar-refractivity contribution < 1.29 is 29.0 Å². The zero-order valence-electron chi connectivity index (χ0n) is 17.3. The predicted octanol–water partition coefficient (Wildman–Crippen LogP) is 2.66. The maximum absolute atomic E-state index is 13.0. The molecule has 2 rings (SSSR count). The van der Waals surface area contributed by atoms with Gasteiger partial charge in [-0.15, -0.1) is 0 Å². The molecule has 0 unspecified atom stereocenters. The lowest BCUT2D eigenvalue weighted by Crippen LogP contribution is -2.48. The van der Waals surface area contributed by atoms with Gasteiger partial charge < -0.3 is 24.7 Å². The van der Waals surface area contributed by atoms with Crippen LogP contribution >= 0.6 is 23.4 Å². The fourth-order valence-electron chi connectivity index (χ4n) is 2.87. The van der Waals surface area contributed by atoms with Crippen LogP contribution in [-0.2, 0) is 9.59 Å². The van der Waals surface area contributed by atoms with Gasteiger partial charge in [-0.1, -0.05) is 23.7 Å². The number of thioether (sulfide) groups is 1. The molecule has 2 aromatic carbocycles. The molecule has 0 aliphatic rings. The molecule has 166 valence electrons. The van der Waals surface area contributed by atoms with Crippen LogP contribution < -0.4 is 19.9 Å². The minimum atomic E-state index is -1.39. The fraction of sp³-hybridized carbons (Fsp3) is 0.318. The summed E-state index contributed by atoms with van der Waals surface area (Å²) < 4.78 is 10.5. The third-order valence-corrected chi connectivity index (χ3v) is 6.06. The average molecular weight is 465 g/mol. The lowest BCUT2D eigenvalue weighted by Gasteiger charge is -2.22. The number of carbonyl (C=O) groups excluding carboxylic acids is 3. The van der Waals surface area contributed by atoms with E-state index in [2.05, 4.69) is 5.32 Å². The summed E-state index contributed by atoms with van der Waals surface area (Å²) in [5.41, 5.74) is 1.25. The number of nitrogens with one attached hydrogen (secondary N) is 1. The fourth-order valence-corrected chi connectivity index (χ4v) is 4.26. The maximum Gasteiger partial charge on any atom is 0.217 e. The van der Waals surface area contributed by atoms with Crippen molar-refractivity contribution in [3.05, 3.63) is 58.6 Å². The van der Waals surface area contributed by atoms with Crippen molar-refractivity contribution in [3.63, 3.8) is 0 Å². The zero-order chi connectivity index (χ0) is 23.0. The highest BCUT2D eigenvalue weighted by molar-refractivity contribution is 7.99. The normalized spacial score (nSPS) is 12.5. The third kappa shape index (κ3) is 7.18. The quantitative estimate of drug-likeness (QED) is 0.509. The average Bonchev–Trinajstić information content (AvgIpc) is 2.75. The third-order valence-electron chi connectivity index (χ3n) is 4.44. The molecular weight excluding hydrogens is 442 g/mol. The molecule has 9 heteroatoms. The number of rotatable bonds is 11. The predicted molar refractivity (Wildman–Crippen MR) is 118 cm³/mol. The van der Waals surface area contributed by atoms with Gasteiger partial charge >= 0.3 is 0 Å². The van der Waals surface area contributed by atoms with Crippen molar-refractivity contribution in [3.8, 4) is 11.5 Å². The standard InChI is InChI=1S/C22H24ClNO6S/c1-13(25)24-17(22(27)28)12-31-21(14-4-7-16(23)8-5-14)11-18(26)15-6-9-19(29-2)20(10-15)30-3/h4-10,17,21H,11-12H2,1-3H3,(H,24,25)(H,27,28)/p-1/t17-,21-/m1/s1. The van der Waals surface area contributed by atoms with E-state index in [1.807, 2.05) is 0 Å². The summed E-state index contributed by atoms with van der Waals surface area (Å²) in [6.07, 6.45) is 0.0988. The number of methoxy groups -OCH3 is 2. The summed E-state index contributed by atoms with van der Waals surface area (Å²) >= 11 is 7.22. The molecule has 0 saturated heterocycles. The first-order chi connectivity index (χ1) is 14.7. The maximum atomic E-state index is 13.0. The highest BCUT2D eigenvalue weighted by Gasteiger charge is 2.22. The van der Waals surface area contributed by atoms with Crippen molar-refractivity contribution in [1.29, 1.82) is 0 Å². The van der Waals surface area contributed by atoms with Crippen molar-refractivity contribution in [2.45, 2.75) is 24.6 Å². The van der Waals surface area contributed by atoms with E-state index < -0.39 is 17.9 Å². The number of carbonyl (C=O) groups is 3. The van der Waals surface area contributed by atoms with Crippen LogP contribution in [-0.4, -0.2) is 43.7 Å². The summed E-state index contributed by atoms with van der Waals surface area (Å²) in [4.78, 5) is 35.6. The Balaban J connectivity index is 2.24. The van der Waals surface area contributed by atoms with E-state index in [1.165, 1.54) is 32.9 Å². The number of ketones is 1. The van der Waals surface area contributed by atoms with Crippen LogP contribution in [0.25, 0.3) is 0 Å². The number of carboxylic acid groups (broad SMARTS) is 1. The Morgan fingerprint density at radius 2 is 1.71 bits per heavy atom. The molecule has 0 aliphatic heterocycles. The number of halogens is 1. The minimum Gasteiger partial charge on any atom is -0.548 e. The van der Waals surface area contributed by atoms with Gasteiger partial charge in [-0.05, 0) is 35.9 Å². The Kier molecular flexibility index (Phi) is 9.21. The minimum absolute atomic E-state index is 0.0361. The summed E-state index contributed by atoms with van der Waals surface area (Å²) in [5.74, 6) is -1.03. The van der Waals surface area contributed by atoms with Crippen molar-refractivity contribution >= 4 is 41.0 Å². The molecule has 0 heterocycles. The number of Topliss-reactive ketones (excluding diaryl/α,β-unsaturated/α-hetero) is 1. The summed E-state index contributed by atoms with van der Waals surface area (Å²) in [5, 5.41) is 13.9. The van der Waals surface area contributed by atoms with Crippen molar-refractivity contribution in [2.24, 2.45) is 0 Å². The van der Waals surface area contributed by atoms with E-state index in [4.69, 9.17) is 21.1 Å². The van der Waals surface area contributed by atoms with Crippen molar-refractivity contribution in [1.82, 2.24) is 5.32 Å². The summed E-state index contributed by atoms with van der Waals surface area (Å²) in [6.45, 7) is 1.23. The molecule has 0 aliphatic carbocycles. The Morgan fingerprint density at radius 1 is 1.06 bits per heavy atom. The first kappa shape index (κ1) is 24.6. The van der Waals surface area contributed by atoms with E-state index in [0.29, 0.717) is 22.1 Å². The highest BCUT2D eigenvalue weighted by atomic mass is 35.5. The molecule has 31 heavy (non-hydrogen) atoms. The lowest BCUT2D eigenvalue weighted by atomic mass is 10.0. The van der Waals surface area contributed by atoms with E-state index in [1.54, 1.807) is 42.5 Å². The molecular formula is C22H23ClNO6S-. The smallest absolute Gasteiger partial charge is 0.217 e.